The van der Waals surface area contributed by atoms with Gasteiger partial charge in [0.15, 0.2) is 0 Å². The number of imidazole rings is 1. The normalized spacial score (nSPS) is 16.0. The van der Waals surface area contributed by atoms with Crippen molar-refractivity contribution in [3.8, 4) is 0 Å². The minimum atomic E-state index is 1.02. The topological polar surface area (TPSA) is 41.6 Å². The third kappa shape index (κ3) is 2.01. The van der Waals surface area contributed by atoms with E-state index in [0.29, 0.717) is 0 Å². The highest BCUT2D eigenvalue weighted by Crippen LogP contribution is 2.33. The van der Waals surface area contributed by atoms with E-state index >= 15 is 0 Å². The fourth-order valence-corrected chi connectivity index (χ4v) is 1.99. The fourth-order valence-electron chi connectivity index (χ4n) is 1.99. The van der Waals surface area contributed by atoms with Gasteiger partial charge in [0.2, 0.25) is 0 Å². The van der Waals surface area contributed by atoms with Crippen molar-refractivity contribution in [3.05, 3.63) is 24.3 Å². The number of aromatic nitrogens is 3. The Kier molecular flexibility index (Phi) is 2.16. The zero-order valence-corrected chi connectivity index (χ0v) is 8.74. The summed E-state index contributed by atoms with van der Waals surface area (Å²) in [4.78, 5) is 11.9. The lowest BCUT2D eigenvalue weighted by Gasteiger charge is -1.94. The van der Waals surface area contributed by atoms with E-state index in [1.807, 2.05) is 12.3 Å². The Bertz CT molecular complexity index is 424. The van der Waals surface area contributed by atoms with E-state index in [4.69, 9.17) is 0 Å². The van der Waals surface area contributed by atoms with Gasteiger partial charge in [-0.3, -0.25) is 4.98 Å². The van der Waals surface area contributed by atoms with Gasteiger partial charge in [0.05, 0.1) is 17.2 Å². The van der Waals surface area contributed by atoms with Gasteiger partial charge in [0, 0.05) is 12.6 Å². The average Bonchev–Trinajstić information content (AvgIpc) is 2.97. The van der Waals surface area contributed by atoms with Gasteiger partial charge >= 0.3 is 0 Å². The molecule has 0 bridgehead atoms. The molecule has 1 fully saturated rings. The van der Waals surface area contributed by atoms with E-state index in [1.54, 1.807) is 6.20 Å². The Morgan fingerprint density at radius 2 is 2.33 bits per heavy atom. The average molecular weight is 201 g/mol. The van der Waals surface area contributed by atoms with Crippen LogP contribution in [0.3, 0.4) is 0 Å². The molecule has 1 aliphatic carbocycles. The number of pyridine rings is 1. The Balaban J connectivity index is 1.68. The van der Waals surface area contributed by atoms with E-state index in [1.165, 1.54) is 25.7 Å². The highest BCUT2D eigenvalue weighted by Gasteiger charge is 2.20. The van der Waals surface area contributed by atoms with Crippen LogP contribution in [0.2, 0.25) is 0 Å². The third-order valence-corrected chi connectivity index (χ3v) is 3.06. The van der Waals surface area contributed by atoms with Crippen LogP contribution in [-0.4, -0.2) is 15.0 Å². The van der Waals surface area contributed by atoms with E-state index in [2.05, 4.69) is 15.0 Å². The molecule has 1 aliphatic rings. The van der Waals surface area contributed by atoms with Gasteiger partial charge in [-0.25, -0.2) is 4.98 Å². The molecule has 2 aromatic heterocycles. The molecule has 0 aromatic carbocycles. The smallest absolute Gasteiger partial charge is 0.107 e. The van der Waals surface area contributed by atoms with E-state index in [0.717, 1.165) is 29.2 Å². The van der Waals surface area contributed by atoms with Crippen molar-refractivity contribution < 1.29 is 0 Å². The van der Waals surface area contributed by atoms with Crippen LogP contribution in [0.25, 0.3) is 11.0 Å². The summed E-state index contributed by atoms with van der Waals surface area (Å²) in [6.07, 6.45) is 10.2. The molecule has 2 heterocycles. The van der Waals surface area contributed by atoms with Crippen molar-refractivity contribution in [1.29, 1.82) is 0 Å². The standard InChI is InChI=1S/C12H15N3/c1(2-9-4-5-9)3-12-14-10-6-7-13-8-11(10)15-12/h6-9H,1-5H2,(H,14,15). The second kappa shape index (κ2) is 3.65. The quantitative estimate of drug-likeness (QED) is 0.826. The number of aromatic amines is 1. The fraction of sp³-hybridized carbons (Fsp3) is 0.500. The molecule has 0 radical (unpaired) electrons. The number of aryl methyl sites for hydroxylation is 1. The second-order valence-electron chi connectivity index (χ2n) is 4.41. The molecule has 1 saturated carbocycles. The van der Waals surface area contributed by atoms with Crippen LogP contribution in [0.5, 0.6) is 0 Å². The first-order valence-corrected chi connectivity index (χ1v) is 5.70. The largest absolute Gasteiger partial charge is 0.341 e. The van der Waals surface area contributed by atoms with Crippen molar-refractivity contribution in [2.75, 3.05) is 0 Å². The Labute approximate surface area is 88.9 Å². The molecule has 2 aromatic rings. The molecular formula is C12H15N3. The van der Waals surface area contributed by atoms with E-state index in [9.17, 15) is 0 Å². The molecule has 0 spiro atoms. The number of nitrogens with zero attached hydrogens (tertiary/aromatic N) is 2. The number of rotatable bonds is 4. The summed E-state index contributed by atoms with van der Waals surface area (Å²) >= 11 is 0. The number of hydrogen-bond donors (Lipinski definition) is 1. The molecule has 3 rings (SSSR count). The van der Waals surface area contributed by atoms with Crippen LogP contribution in [0.15, 0.2) is 18.5 Å². The van der Waals surface area contributed by atoms with Gasteiger partial charge in [-0.1, -0.05) is 19.3 Å². The maximum atomic E-state index is 4.53. The monoisotopic (exact) mass is 201 g/mol. The first kappa shape index (κ1) is 8.89. The van der Waals surface area contributed by atoms with Crippen molar-refractivity contribution in [2.45, 2.75) is 32.1 Å². The van der Waals surface area contributed by atoms with Crippen LogP contribution in [0.1, 0.15) is 31.5 Å². The zero-order chi connectivity index (χ0) is 10.1. The number of hydrogen-bond acceptors (Lipinski definition) is 2. The third-order valence-electron chi connectivity index (χ3n) is 3.06. The summed E-state index contributed by atoms with van der Waals surface area (Å²) in [7, 11) is 0. The van der Waals surface area contributed by atoms with Crippen LogP contribution in [0.4, 0.5) is 0 Å². The lowest BCUT2D eigenvalue weighted by atomic mass is 10.2. The molecule has 78 valence electrons. The van der Waals surface area contributed by atoms with Crippen molar-refractivity contribution >= 4 is 11.0 Å². The maximum Gasteiger partial charge on any atom is 0.107 e. The lowest BCUT2D eigenvalue weighted by Crippen LogP contribution is -1.88. The van der Waals surface area contributed by atoms with Gasteiger partial charge in [-0.2, -0.15) is 0 Å². The predicted molar refractivity (Wildman–Crippen MR) is 59.6 cm³/mol. The van der Waals surface area contributed by atoms with Crippen molar-refractivity contribution in [2.24, 2.45) is 5.92 Å². The SMILES string of the molecule is c1cc2nc(CCCC3CC3)[nH]c2cn1. The van der Waals surface area contributed by atoms with E-state index < -0.39 is 0 Å². The highest BCUT2D eigenvalue weighted by atomic mass is 14.9. The number of fused-ring (bicyclic) bond motifs is 1. The van der Waals surface area contributed by atoms with Crippen LogP contribution < -0.4 is 0 Å². The predicted octanol–water partition coefficient (Wildman–Crippen LogP) is 2.69. The van der Waals surface area contributed by atoms with E-state index in [-0.39, 0.29) is 0 Å². The summed E-state index contributed by atoms with van der Waals surface area (Å²) in [5, 5.41) is 0. The minimum absolute atomic E-state index is 1.02. The van der Waals surface area contributed by atoms with Gasteiger partial charge in [-0.15, -0.1) is 0 Å². The molecule has 0 aliphatic heterocycles. The number of nitrogens with one attached hydrogen (secondary N) is 1. The molecule has 1 N–H and O–H groups in total. The van der Waals surface area contributed by atoms with Gasteiger partial charge in [-0.05, 0) is 18.4 Å². The molecule has 3 heteroatoms. The highest BCUT2D eigenvalue weighted by molar-refractivity contribution is 5.73. The summed E-state index contributed by atoms with van der Waals surface area (Å²) in [5.74, 6) is 2.13. The summed E-state index contributed by atoms with van der Waals surface area (Å²) in [6.45, 7) is 0. The Morgan fingerprint density at radius 1 is 1.40 bits per heavy atom. The van der Waals surface area contributed by atoms with Crippen LogP contribution in [0, 0.1) is 5.92 Å². The van der Waals surface area contributed by atoms with Crippen LogP contribution in [-0.2, 0) is 6.42 Å². The molecule has 15 heavy (non-hydrogen) atoms. The molecule has 0 unspecified atom stereocenters. The van der Waals surface area contributed by atoms with Crippen molar-refractivity contribution in [3.63, 3.8) is 0 Å². The van der Waals surface area contributed by atoms with Crippen LogP contribution >= 0.6 is 0 Å². The first-order valence-electron chi connectivity index (χ1n) is 5.70. The summed E-state index contributed by atoms with van der Waals surface area (Å²) < 4.78 is 0. The zero-order valence-electron chi connectivity index (χ0n) is 8.74. The Morgan fingerprint density at radius 3 is 3.13 bits per heavy atom. The first-order chi connectivity index (χ1) is 7.42. The van der Waals surface area contributed by atoms with Crippen molar-refractivity contribution in [1.82, 2.24) is 15.0 Å². The van der Waals surface area contributed by atoms with Gasteiger partial charge in [0.1, 0.15) is 5.82 Å². The Hall–Kier alpha value is -1.38. The molecule has 3 nitrogen and oxygen atoms in total. The summed E-state index contributed by atoms with van der Waals surface area (Å²) in [5.41, 5.74) is 2.09. The molecular weight excluding hydrogens is 186 g/mol. The second-order valence-corrected chi connectivity index (χ2v) is 4.41. The summed E-state index contributed by atoms with van der Waals surface area (Å²) in [6, 6.07) is 1.95. The lowest BCUT2D eigenvalue weighted by molar-refractivity contribution is 0.654. The maximum absolute atomic E-state index is 4.53. The molecule has 0 saturated heterocycles. The molecule has 0 amide bonds. The molecule has 0 atom stereocenters. The minimum Gasteiger partial charge on any atom is -0.341 e. The number of H-pyrrole nitrogens is 1. The van der Waals surface area contributed by atoms with Gasteiger partial charge in [0.25, 0.3) is 0 Å². The van der Waals surface area contributed by atoms with Gasteiger partial charge < -0.3 is 4.98 Å².